The van der Waals surface area contributed by atoms with Crippen LogP contribution in [0.1, 0.15) is 33.1 Å². The van der Waals surface area contributed by atoms with E-state index in [1.165, 1.54) is 0 Å². The number of nitrogens with two attached hydrogens (primary N) is 1. The van der Waals surface area contributed by atoms with E-state index >= 15 is 0 Å². The van der Waals surface area contributed by atoms with Gasteiger partial charge in [-0.2, -0.15) is 0 Å². The van der Waals surface area contributed by atoms with Crippen LogP contribution in [0.3, 0.4) is 0 Å². The van der Waals surface area contributed by atoms with Gasteiger partial charge in [0.25, 0.3) is 0 Å². The maximum absolute atomic E-state index is 12.5. The fourth-order valence-electron chi connectivity index (χ4n) is 2.37. The monoisotopic (exact) mass is 306 g/mol. The molecule has 20 heavy (non-hydrogen) atoms. The minimum Gasteiger partial charge on any atom is -0.480 e. The highest BCUT2D eigenvalue weighted by Crippen LogP contribution is 2.23. The van der Waals surface area contributed by atoms with Crippen molar-refractivity contribution in [1.82, 2.24) is 4.90 Å². The van der Waals surface area contributed by atoms with Crippen molar-refractivity contribution in [3.8, 4) is 0 Å². The fourth-order valence-corrected chi connectivity index (χ4v) is 4.10. The first kappa shape index (κ1) is 16.9. The summed E-state index contributed by atoms with van der Waals surface area (Å²) in [5.74, 6) is -1.85. The van der Waals surface area contributed by atoms with Gasteiger partial charge in [0.15, 0.2) is 9.84 Å². The molecular weight excluding hydrogens is 284 g/mol. The Labute approximate surface area is 119 Å². The standard InChI is InChI=1S/C12H22N2O5S/c1-3-12(13,4-2)11(17)14(7-10(15)16)9-5-6-20(18,19)8-9/h9H,3-8,13H2,1-2H3,(H,15,16). The molecule has 1 unspecified atom stereocenters. The summed E-state index contributed by atoms with van der Waals surface area (Å²) in [6.45, 7) is 3.00. The first-order valence-electron chi connectivity index (χ1n) is 6.67. The van der Waals surface area contributed by atoms with Crippen LogP contribution in [0.25, 0.3) is 0 Å². The molecule has 1 aliphatic rings. The average molecular weight is 306 g/mol. The number of sulfone groups is 1. The predicted octanol–water partition coefficient (Wildman–Crippen LogP) is -0.396. The second-order valence-electron chi connectivity index (χ2n) is 5.25. The number of aliphatic carboxylic acids is 1. The highest BCUT2D eigenvalue weighted by molar-refractivity contribution is 7.91. The van der Waals surface area contributed by atoms with Gasteiger partial charge in [0, 0.05) is 6.04 Å². The number of hydrogen-bond acceptors (Lipinski definition) is 5. The molecule has 1 heterocycles. The lowest BCUT2D eigenvalue weighted by atomic mass is 9.91. The van der Waals surface area contributed by atoms with Crippen LogP contribution < -0.4 is 5.73 Å². The molecule has 1 amide bonds. The largest absolute Gasteiger partial charge is 0.480 e. The number of carbonyl (C=O) groups is 2. The Hall–Kier alpha value is -1.15. The van der Waals surface area contributed by atoms with Crippen molar-refractivity contribution in [2.75, 3.05) is 18.1 Å². The van der Waals surface area contributed by atoms with Crippen molar-refractivity contribution in [3.63, 3.8) is 0 Å². The quantitative estimate of drug-likeness (QED) is 0.689. The van der Waals surface area contributed by atoms with Crippen LogP contribution in [0.2, 0.25) is 0 Å². The van der Waals surface area contributed by atoms with E-state index in [9.17, 15) is 18.0 Å². The molecule has 0 saturated carbocycles. The molecule has 1 aliphatic heterocycles. The number of carbonyl (C=O) groups excluding carboxylic acids is 1. The van der Waals surface area contributed by atoms with E-state index in [0.717, 1.165) is 4.90 Å². The fraction of sp³-hybridized carbons (Fsp3) is 0.833. The van der Waals surface area contributed by atoms with Crippen molar-refractivity contribution in [1.29, 1.82) is 0 Å². The van der Waals surface area contributed by atoms with E-state index in [-0.39, 0.29) is 17.9 Å². The van der Waals surface area contributed by atoms with Gasteiger partial charge < -0.3 is 15.7 Å². The number of nitrogens with zero attached hydrogens (tertiary/aromatic N) is 1. The Morgan fingerprint density at radius 3 is 2.25 bits per heavy atom. The van der Waals surface area contributed by atoms with Gasteiger partial charge in [-0.15, -0.1) is 0 Å². The Bertz CT molecular complexity index is 484. The minimum absolute atomic E-state index is 0.0170. The van der Waals surface area contributed by atoms with Crippen LogP contribution in [0.5, 0.6) is 0 Å². The number of carboxylic acid groups (broad SMARTS) is 1. The van der Waals surface area contributed by atoms with Crippen LogP contribution in [0, 0.1) is 0 Å². The molecule has 0 aromatic rings. The van der Waals surface area contributed by atoms with Gasteiger partial charge in [-0.1, -0.05) is 13.8 Å². The van der Waals surface area contributed by atoms with Crippen LogP contribution >= 0.6 is 0 Å². The number of carboxylic acids is 1. The maximum Gasteiger partial charge on any atom is 0.323 e. The van der Waals surface area contributed by atoms with Crippen LogP contribution in [-0.4, -0.2) is 59.9 Å². The van der Waals surface area contributed by atoms with Gasteiger partial charge in [0.2, 0.25) is 5.91 Å². The summed E-state index contributed by atoms with van der Waals surface area (Å²) in [5.41, 5.74) is 4.88. The second kappa shape index (κ2) is 6.09. The second-order valence-corrected chi connectivity index (χ2v) is 7.48. The van der Waals surface area contributed by atoms with Gasteiger partial charge >= 0.3 is 5.97 Å². The molecule has 7 nitrogen and oxygen atoms in total. The molecule has 0 radical (unpaired) electrons. The van der Waals surface area contributed by atoms with Crippen LogP contribution in [0.15, 0.2) is 0 Å². The van der Waals surface area contributed by atoms with E-state index in [4.69, 9.17) is 10.8 Å². The summed E-state index contributed by atoms with van der Waals surface area (Å²) in [5, 5.41) is 8.95. The van der Waals surface area contributed by atoms with Gasteiger partial charge in [0.1, 0.15) is 6.54 Å². The molecular formula is C12H22N2O5S. The summed E-state index contributed by atoms with van der Waals surface area (Å²) in [6.07, 6.45) is 1.01. The summed E-state index contributed by atoms with van der Waals surface area (Å²) in [6, 6.07) is -0.593. The van der Waals surface area contributed by atoms with Crippen molar-refractivity contribution in [2.24, 2.45) is 5.73 Å². The molecule has 0 aromatic carbocycles. The highest BCUT2D eigenvalue weighted by atomic mass is 32.2. The predicted molar refractivity (Wildman–Crippen MR) is 73.9 cm³/mol. The van der Waals surface area contributed by atoms with Crippen molar-refractivity contribution in [3.05, 3.63) is 0 Å². The number of rotatable bonds is 6. The molecule has 0 bridgehead atoms. The number of amides is 1. The zero-order valence-electron chi connectivity index (χ0n) is 11.8. The van der Waals surface area contributed by atoms with Gasteiger partial charge in [0.05, 0.1) is 17.0 Å². The summed E-state index contributed by atoms with van der Waals surface area (Å²) >= 11 is 0. The third-order valence-electron chi connectivity index (χ3n) is 3.90. The van der Waals surface area contributed by atoms with Crippen LogP contribution in [-0.2, 0) is 19.4 Å². The number of hydrogen-bond donors (Lipinski definition) is 2. The van der Waals surface area contributed by atoms with Crippen molar-refractivity contribution >= 4 is 21.7 Å². The Kier molecular flexibility index (Phi) is 5.15. The molecule has 0 aromatic heterocycles. The third kappa shape index (κ3) is 3.69. The average Bonchev–Trinajstić information content (AvgIpc) is 2.74. The summed E-state index contributed by atoms with van der Waals surface area (Å²) in [7, 11) is -3.20. The first-order chi connectivity index (χ1) is 9.15. The first-order valence-corrected chi connectivity index (χ1v) is 8.49. The Balaban J connectivity index is 3.01. The highest BCUT2D eigenvalue weighted by Gasteiger charge is 2.41. The summed E-state index contributed by atoms with van der Waals surface area (Å²) in [4.78, 5) is 24.6. The van der Waals surface area contributed by atoms with E-state index in [1.807, 2.05) is 0 Å². The van der Waals surface area contributed by atoms with Crippen LogP contribution in [0.4, 0.5) is 0 Å². The minimum atomic E-state index is -3.20. The lowest BCUT2D eigenvalue weighted by Gasteiger charge is -2.35. The zero-order valence-corrected chi connectivity index (χ0v) is 12.6. The molecule has 1 saturated heterocycles. The lowest BCUT2D eigenvalue weighted by Crippen LogP contribution is -2.58. The van der Waals surface area contributed by atoms with E-state index in [0.29, 0.717) is 12.8 Å². The molecule has 1 rings (SSSR count). The Morgan fingerprint density at radius 1 is 1.35 bits per heavy atom. The molecule has 0 aliphatic carbocycles. The molecule has 1 atom stereocenters. The SMILES string of the molecule is CCC(N)(CC)C(=O)N(CC(=O)O)C1CCS(=O)(=O)C1. The molecule has 3 N–H and O–H groups in total. The normalized spacial score (nSPS) is 21.6. The van der Waals surface area contributed by atoms with Crippen molar-refractivity contribution < 1.29 is 23.1 Å². The smallest absolute Gasteiger partial charge is 0.323 e. The molecule has 0 spiro atoms. The lowest BCUT2D eigenvalue weighted by molar-refractivity contribution is -0.148. The van der Waals surface area contributed by atoms with E-state index < -0.39 is 39.8 Å². The van der Waals surface area contributed by atoms with Gasteiger partial charge in [-0.25, -0.2) is 8.42 Å². The van der Waals surface area contributed by atoms with Crippen molar-refractivity contribution in [2.45, 2.75) is 44.7 Å². The van der Waals surface area contributed by atoms with E-state index in [2.05, 4.69) is 0 Å². The molecule has 116 valence electrons. The molecule has 8 heteroatoms. The third-order valence-corrected chi connectivity index (χ3v) is 5.65. The zero-order chi connectivity index (χ0) is 15.6. The molecule has 1 fully saturated rings. The van der Waals surface area contributed by atoms with Gasteiger partial charge in [-0.05, 0) is 19.3 Å². The van der Waals surface area contributed by atoms with Gasteiger partial charge in [-0.3, -0.25) is 9.59 Å². The van der Waals surface area contributed by atoms with E-state index in [1.54, 1.807) is 13.8 Å². The topological polar surface area (TPSA) is 118 Å². The maximum atomic E-state index is 12.5. The Morgan fingerprint density at radius 2 is 1.90 bits per heavy atom. The summed E-state index contributed by atoms with van der Waals surface area (Å²) < 4.78 is 23.1.